The van der Waals surface area contributed by atoms with Crippen LogP contribution in [0, 0.1) is 6.92 Å². The highest BCUT2D eigenvalue weighted by molar-refractivity contribution is 5.95. The summed E-state index contributed by atoms with van der Waals surface area (Å²) >= 11 is 0. The number of aryl methyl sites for hydroxylation is 1. The zero-order valence-corrected chi connectivity index (χ0v) is 10.0. The van der Waals surface area contributed by atoms with Gasteiger partial charge in [-0.3, -0.25) is 4.79 Å². The number of fused-ring (bicyclic) bond motifs is 1. The third kappa shape index (κ3) is 2.41. The molecule has 2 aromatic rings. The predicted octanol–water partition coefficient (Wildman–Crippen LogP) is 2.08. The molecular weight excluding hydrogens is 214 g/mol. The van der Waals surface area contributed by atoms with Crippen molar-refractivity contribution in [1.82, 2.24) is 15.3 Å². The molecule has 0 atom stereocenters. The summed E-state index contributed by atoms with van der Waals surface area (Å²) < 4.78 is 0. The summed E-state index contributed by atoms with van der Waals surface area (Å²) in [7, 11) is 0. The quantitative estimate of drug-likeness (QED) is 0.876. The van der Waals surface area contributed by atoms with Gasteiger partial charge in [-0.1, -0.05) is 19.1 Å². The molecular formula is C13H15N3O. The first kappa shape index (κ1) is 11.5. The molecule has 0 fully saturated rings. The molecule has 0 radical (unpaired) electrons. The lowest BCUT2D eigenvalue weighted by molar-refractivity contribution is 0.0948. The van der Waals surface area contributed by atoms with Crippen LogP contribution in [0.3, 0.4) is 0 Å². The smallest absolute Gasteiger partial charge is 0.271 e. The Labute approximate surface area is 100 Å². The van der Waals surface area contributed by atoms with Gasteiger partial charge in [0, 0.05) is 6.54 Å². The minimum Gasteiger partial charge on any atom is -0.351 e. The van der Waals surface area contributed by atoms with Crippen molar-refractivity contribution >= 4 is 16.9 Å². The standard InChI is InChI=1S/C13H15N3O/c1-3-8-14-13(17)12-9(2)15-10-6-4-5-7-11(10)16-12/h4-7H,3,8H2,1-2H3,(H,14,17). The average Bonchev–Trinajstić information content (AvgIpc) is 2.35. The molecule has 0 saturated carbocycles. The number of para-hydroxylation sites is 2. The fraction of sp³-hybridized carbons (Fsp3) is 0.308. The molecule has 0 aliphatic carbocycles. The topological polar surface area (TPSA) is 54.9 Å². The summed E-state index contributed by atoms with van der Waals surface area (Å²) in [6, 6.07) is 7.55. The first-order valence-electron chi connectivity index (χ1n) is 5.74. The number of hydrogen-bond donors (Lipinski definition) is 1. The summed E-state index contributed by atoms with van der Waals surface area (Å²) in [6.07, 6.45) is 0.909. The molecule has 1 aromatic carbocycles. The van der Waals surface area contributed by atoms with Crippen molar-refractivity contribution in [2.24, 2.45) is 0 Å². The molecule has 1 heterocycles. The van der Waals surface area contributed by atoms with Crippen molar-refractivity contribution in [3.05, 3.63) is 35.7 Å². The number of carbonyl (C=O) groups excluding carboxylic acids is 1. The van der Waals surface area contributed by atoms with Crippen molar-refractivity contribution in [2.45, 2.75) is 20.3 Å². The number of benzene rings is 1. The van der Waals surface area contributed by atoms with Crippen LogP contribution in [0.1, 0.15) is 29.5 Å². The highest BCUT2D eigenvalue weighted by Crippen LogP contribution is 2.11. The van der Waals surface area contributed by atoms with Crippen molar-refractivity contribution in [3.63, 3.8) is 0 Å². The highest BCUT2D eigenvalue weighted by Gasteiger charge is 2.12. The van der Waals surface area contributed by atoms with Crippen molar-refractivity contribution in [1.29, 1.82) is 0 Å². The van der Waals surface area contributed by atoms with Gasteiger partial charge < -0.3 is 5.32 Å². The maximum absolute atomic E-state index is 11.9. The van der Waals surface area contributed by atoms with E-state index >= 15 is 0 Å². The van der Waals surface area contributed by atoms with Gasteiger partial charge in [0.1, 0.15) is 5.69 Å². The van der Waals surface area contributed by atoms with E-state index in [2.05, 4.69) is 15.3 Å². The SMILES string of the molecule is CCCNC(=O)c1nc2ccccc2nc1C. The predicted molar refractivity (Wildman–Crippen MR) is 66.9 cm³/mol. The molecule has 1 aromatic heterocycles. The van der Waals surface area contributed by atoms with Crippen LogP contribution in [-0.4, -0.2) is 22.4 Å². The molecule has 1 N–H and O–H groups in total. The molecule has 4 heteroatoms. The van der Waals surface area contributed by atoms with Crippen molar-refractivity contribution in [3.8, 4) is 0 Å². The van der Waals surface area contributed by atoms with E-state index in [1.54, 1.807) is 6.92 Å². The van der Waals surface area contributed by atoms with Crippen LogP contribution >= 0.6 is 0 Å². The van der Waals surface area contributed by atoms with Crippen molar-refractivity contribution < 1.29 is 4.79 Å². The van der Waals surface area contributed by atoms with Gasteiger partial charge in [0.05, 0.1) is 16.7 Å². The lowest BCUT2D eigenvalue weighted by Gasteiger charge is -2.06. The summed E-state index contributed by atoms with van der Waals surface area (Å²) in [5.74, 6) is -0.150. The summed E-state index contributed by atoms with van der Waals surface area (Å²) in [4.78, 5) is 20.6. The van der Waals surface area contributed by atoms with E-state index in [0.717, 1.165) is 17.5 Å². The molecule has 0 aliphatic heterocycles. The first-order chi connectivity index (χ1) is 8.22. The van der Waals surface area contributed by atoms with Crippen LogP contribution in [0.5, 0.6) is 0 Å². The second kappa shape index (κ2) is 4.91. The number of amides is 1. The normalized spacial score (nSPS) is 10.5. The summed E-state index contributed by atoms with van der Waals surface area (Å²) in [6.45, 7) is 4.48. The number of nitrogens with one attached hydrogen (secondary N) is 1. The molecule has 17 heavy (non-hydrogen) atoms. The molecule has 4 nitrogen and oxygen atoms in total. The molecule has 88 valence electrons. The summed E-state index contributed by atoms with van der Waals surface area (Å²) in [5, 5.41) is 2.81. The lowest BCUT2D eigenvalue weighted by Crippen LogP contribution is -2.26. The highest BCUT2D eigenvalue weighted by atomic mass is 16.1. The van der Waals surface area contributed by atoms with Crippen molar-refractivity contribution in [2.75, 3.05) is 6.54 Å². The minimum absolute atomic E-state index is 0.150. The van der Waals surface area contributed by atoms with Crippen LogP contribution in [-0.2, 0) is 0 Å². The van der Waals surface area contributed by atoms with Gasteiger partial charge in [-0.05, 0) is 25.5 Å². The van der Waals surface area contributed by atoms with Gasteiger partial charge in [-0.15, -0.1) is 0 Å². The van der Waals surface area contributed by atoms with Gasteiger partial charge in [0.25, 0.3) is 5.91 Å². The Morgan fingerprint density at radius 1 is 1.24 bits per heavy atom. The molecule has 0 bridgehead atoms. The van der Waals surface area contributed by atoms with E-state index in [9.17, 15) is 4.79 Å². The monoisotopic (exact) mass is 229 g/mol. The van der Waals surface area contributed by atoms with Crippen LogP contribution in [0.4, 0.5) is 0 Å². The molecule has 0 saturated heterocycles. The van der Waals surface area contributed by atoms with E-state index in [-0.39, 0.29) is 5.91 Å². The van der Waals surface area contributed by atoms with E-state index in [4.69, 9.17) is 0 Å². The average molecular weight is 229 g/mol. The fourth-order valence-electron chi connectivity index (χ4n) is 1.63. The molecule has 2 rings (SSSR count). The Bertz CT molecular complexity index is 551. The second-order valence-electron chi connectivity index (χ2n) is 3.90. The Morgan fingerprint density at radius 3 is 2.53 bits per heavy atom. The van der Waals surface area contributed by atoms with Gasteiger partial charge >= 0.3 is 0 Å². The van der Waals surface area contributed by atoms with Gasteiger partial charge in [-0.25, -0.2) is 9.97 Å². The molecule has 0 aliphatic rings. The van der Waals surface area contributed by atoms with E-state index in [0.29, 0.717) is 17.9 Å². The van der Waals surface area contributed by atoms with Gasteiger partial charge in [0.2, 0.25) is 0 Å². The number of carbonyl (C=O) groups is 1. The third-order valence-electron chi connectivity index (χ3n) is 2.50. The van der Waals surface area contributed by atoms with Crippen LogP contribution in [0.25, 0.3) is 11.0 Å². The largest absolute Gasteiger partial charge is 0.351 e. The number of aromatic nitrogens is 2. The summed E-state index contributed by atoms with van der Waals surface area (Å²) in [5.41, 5.74) is 2.64. The Balaban J connectivity index is 2.40. The second-order valence-corrected chi connectivity index (χ2v) is 3.90. The van der Waals surface area contributed by atoms with Crippen LogP contribution in [0.15, 0.2) is 24.3 Å². The van der Waals surface area contributed by atoms with E-state index < -0.39 is 0 Å². The molecule has 0 spiro atoms. The van der Waals surface area contributed by atoms with E-state index in [1.807, 2.05) is 31.2 Å². The number of nitrogens with zero attached hydrogens (tertiary/aromatic N) is 2. The van der Waals surface area contributed by atoms with Crippen LogP contribution in [0.2, 0.25) is 0 Å². The Morgan fingerprint density at radius 2 is 1.88 bits per heavy atom. The zero-order valence-electron chi connectivity index (χ0n) is 10.0. The van der Waals surface area contributed by atoms with Crippen LogP contribution < -0.4 is 5.32 Å². The Hall–Kier alpha value is -1.97. The minimum atomic E-state index is -0.150. The first-order valence-corrected chi connectivity index (χ1v) is 5.74. The number of hydrogen-bond acceptors (Lipinski definition) is 3. The molecule has 1 amide bonds. The Kier molecular flexibility index (Phi) is 3.32. The lowest BCUT2D eigenvalue weighted by atomic mass is 10.2. The van der Waals surface area contributed by atoms with Gasteiger partial charge in [-0.2, -0.15) is 0 Å². The van der Waals surface area contributed by atoms with Gasteiger partial charge in [0.15, 0.2) is 0 Å². The fourth-order valence-corrected chi connectivity index (χ4v) is 1.63. The molecule has 0 unspecified atom stereocenters. The third-order valence-corrected chi connectivity index (χ3v) is 2.50. The zero-order chi connectivity index (χ0) is 12.3. The number of rotatable bonds is 3. The maximum atomic E-state index is 11.9. The van der Waals surface area contributed by atoms with E-state index in [1.165, 1.54) is 0 Å². The maximum Gasteiger partial charge on any atom is 0.271 e.